The average molecular weight is 242 g/mol. The topological polar surface area (TPSA) is 40.5 Å². The van der Waals surface area contributed by atoms with Crippen LogP contribution in [0, 0.1) is 0 Å². The van der Waals surface area contributed by atoms with Crippen molar-refractivity contribution in [2.24, 2.45) is 0 Å². The summed E-state index contributed by atoms with van der Waals surface area (Å²) in [5.41, 5.74) is 0. The number of rotatable bonds is 10. The van der Waals surface area contributed by atoms with Gasteiger partial charge in [0.15, 0.2) is 0 Å². The van der Waals surface area contributed by atoms with E-state index in [9.17, 15) is 0 Å². The zero-order chi connectivity index (χ0) is 13.2. The van der Waals surface area contributed by atoms with E-state index in [1.54, 1.807) is 0 Å². The summed E-state index contributed by atoms with van der Waals surface area (Å²) in [5, 5.41) is 16.7. The van der Waals surface area contributed by atoms with E-state index < -0.39 is 0 Å². The maximum atomic E-state index is 8.40. The van der Waals surface area contributed by atoms with Gasteiger partial charge in [0.25, 0.3) is 0 Å². The molecule has 0 saturated heterocycles. The van der Waals surface area contributed by atoms with Crippen LogP contribution in [0.4, 0.5) is 0 Å². The van der Waals surface area contributed by atoms with Crippen LogP contribution in [0.3, 0.4) is 0 Å². The Hall–Kier alpha value is -0.600. The highest BCUT2D eigenvalue weighted by molar-refractivity contribution is 4.79. The fraction of sp³-hybridized carbons (Fsp3) is 0.733. The van der Waals surface area contributed by atoms with E-state index in [4.69, 9.17) is 10.2 Å². The molecule has 0 unspecified atom stereocenters. The number of unbranched alkanes of at least 4 members (excludes halogenated alkanes) is 5. The zero-order valence-electron chi connectivity index (χ0n) is 11.4. The Morgan fingerprint density at radius 2 is 1.47 bits per heavy atom. The predicted molar refractivity (Wildman–Crippen MR) is 76.1 cm³/mol. The van der Waals surface area contributed by atoms with Crippen molar-refractivity contribution < 1.29 is 10.2 Å². The van der Waals surface area contributed by atoms with E-state index in [1.165, 1.54) is 12.8 Å². The first-order valence-electron chi connectivity index (χ1n) is 6.81. The van der Waals surface area contributed by atoms with Crippen LogP contribution in [0.2, 0.25) is 0 Å². The van der Waals surface area contributed by atoms with Crippen molar-refractivity contribution in [2.75, 3.05) is 13.2 Å². The normalized spacial score (nSPS) is 10.1. The Balaban J connectivity index is 0. The van der Waals surface area contributed by atoms with E-state index >= 15 is 0 Å². The first-order chi connectivity index (χ1) is 8.33. The van der Waals surface area contributed by atoms with Crippen molar-refractivity contribution in [1.29, 1.82) is 0 Å². The van der Waals surface area contributed by atoms with Crippen LogP contribution in [0.5, 0.6) is 0 Å². The molecule has 2 heteroatoms. The first kappa shape index (κ1) is 18.8. The number of hydrogen-bond donors (Lipinski definition) is 2. The molecule has 2 nitrogen and oxygen atoms in total. The quantitative estimate of drug-likeness (QED) is 0.451. The fourth-order valence-corrected chi connectivity index (χ4v) is 1.25. The fourth-order valence-electron chi connectivity index (χ4n) is 1.25. The molecule has 2 N–H and O–H groups in total. The summed E-state index contributed by atoms with van der Waals surface area (Å²) in [4.78, 5) is 0. The molecule has 17 heavy (non-hydrogen) atoms. The summed E-state index contributed by atoms with van der Waals surface area (Å²) >= 11 is 0. The molecule has 0 rings (SSSR count). The van der Waals surface area contributed by atoms with Gasteiger partial charge < -0.3 is 10.2 Å². The van der Waals surface area contributed by atoms with Gasteiger partial charge in [-0.15, -0.1) is 6.58 Å². The van der Waals surface area contributed by atoms with Crippen molar-refractivity contribution in [3.63, 3.8) is 0 Å². The molecular formula is C15H30O2. The highest BCUT2D eigenvalue weighted by Gasteiger charge is 1.85. The number of aliphatic hydroxyl groups is 2. The summed E-state index contributed by atoms with van der Waals surface area (Å²) in [6.45, 7) is 6.39. The summed E-state index contributed by atoms with van der Waals surface area (Å²) in [5.74, 6) is 0. The number of aliphatic hydroxyl groups excluding tert-OH is 2. The molecule has 0 aliphatic rings. The Kier molecular flexibility index (Phi) is 22.9. The van der Waals surface area contributed by atoms with Gasteiger partial charge in [-0.05, 0) is 38.5 Å². The third-order valence-corrected chi connectivity index (χ3v) is 2.25. The lowest BCUT2D eigenvalue weighted by Gasteiger charge is -1.94. The van der Waals surface area contributed by atoms with Crippen LogP contribution in [0.25, 0.3) is 0 Å². The number of allylic oxidation sites excluding steroid dienone is 3. The standard InChI is InChI=1S/C8H16O.C7H14O/c1-2-3-4-5-6-7-8-9;1-2-3-4-5-6-7-8/h2,9H,1,3-8H2;3-4,8H,2,5-7H2,1H3. The predicted octanol–water partition coefficient (Wildman–Crippen LogP) is 3.84. The molecule has 0 fully saturated rings. The third-order valence-electron chi connectivity index (χ3n) is 2.25. The molecule has 0 saturated carbocycles. The molecule has 0 aliphatic carbocycles. The van der Waals surface area contributed by atoms with E-state index in [2.05, 4.69) is 25.7 Å². The summed E-state index contributed by atoms with van der Waals surface area (Å²) in [7, 11) is 0. The van der Waals surface area contributed by atoms with E-state index in [0.717, 1.165) is 38.5 Å². The van der Waals surface area contributed by atoms with Gasteiger partial charge in [0, 0.05) is 13.2 Å². The molecule has 0 spiro atoms. The SMILES string of the molecule is C=CCCCCCCO.CCC=CCCCO. The minimum atomic E-state index is 0.314. The van der Waals surface area contributed by atoms with E-state index in [-0.39, 0.29) is 0 Å². The molecule has 0 aliphatic heterocycles. The molecule has 0 aromatic heterocycles. The Labute approximate surface area is 107 Å². The molecule has 0 aromatic rings. The molecule has 0 amide bonds. The van der Waals surface area contributed by atoms with Crippen molar-refractivity contribution in [3.05, 3.63) is 24.8 Å². The molecule has 0 radical (unpaired) electrons. The highest BCUT2D eigenvalue weighted by atomic mass is 16.3. The Morgan fingerprint density at radius 3 is 2.00 bits per heavy atom. The van der Waals surface area contributed by atoms with Gasteiger partial charge in [-0.25, -0.2) is 0 Å². The minimum absolute atomic E-state index is 0.314. The maximum Gasteiger partial charge on any atom is 0.0433 e. The Morgan fingerprint density at radius 1 is 0.824 bits per heavy atom. The smallest absolute Gasteiger partial charge is 0.0433 e. The molecule has 0 aromatic carbocycles. The van der Waals surface area contributed by atoms with Crippen LogP contribution in [0.15, 0.2) is 24.8 Å². The van der Waals surface area contributed by atoms with Crippen molar-refractivity contribution in [2.45, 2.75) is 58.3 Å². The lowest BCUT2D eigenvalue weighted by atomic mass is 10.1. The van der Waals surface area contributed by atoms with Gasteiger partial charge in [0.1, 0.15) is 0 Å². The van der Waals surface area contributed by atoms with Gasteiger partial charge in [-0.3, -0.25) is 0 Å². The van der Waals surface area contributed by atoms with Gasteiger partial charge in [0.2, 0.25) is 0 Å². The average Bonchev–Trinajstić information content (AvgIpc) is 2.36. The molecular weight excluding hydrogens is 212 g/mol. The molecule has 0 bridgehead atoms. The second kappa shape index (κ2) is 20.8. The van der Waals surface area contributed by atoms with Gasteiger partial charge in [-0.2, -0.15) is 0 Å². The van der Waals surface area contributed by atoms with Crippen molar-refractivity contribution in [3.8, 4) is 0 Å². The second-order valence-corrected chi connectivity index (χ2v) is 3.96. The van der Waals surface area contributed by atoms with Gasteiger partial charge in [0.05, 0.1) is 0 Å². The molecule has 102 valence electrons. The van der Waals surface area contributed by atoms with Crippen molar-refractivity contribution >= 4 is 0 Å². The van der Waals surface area contributed by atoms with Crippen LogP contribution in [0.1, 0.15) is 58.3 Å². The molecule has 0 atom stereocenters. The van der Waals surface area contributed by atoms with E-state index in [1.807, 2.05) is 6.08 Å². The zero-order valence-corrected chi connectivity index (χ0v) is 11.4. The molecule has 0 heterocycles. The van der Waals surface area contributed by atoms with Crippen LogP contribution in [-0.4, -0.2) is 23.4 Å². The summed E-state index contributed by atoms with van der Waals surface area (Å²) in [6, 6.07) is 0. The highest BCUT2D eigenvalue weighted by Crippen LogP contribution is 2.01. The van der Waals surface area contributed by atoms with Gasteiger partial charge >= 0.3 is 0 Å². The third kappa shape index (κ3) is 25.6. The second-order valence-electron chi connectivity index (χ2n) is 3.96. The van der Waals surface area contributed by atoms with Gasteiger partial charge in [-0.1, -0.05) is 38.0 Å². The Bertz CT molecular complexity index is 153. The van der Waals surface area contributed by atoms with Crippen molar-refractivity contribution in [1.82, 2.24) is 0 Å². The number of hydrogen-bond acceptors (Lipinski definition) is 2. The maximum absolute atomic E-state index is 8.40. The monoisotopic (exact) mass is 242 g/mol. The summed E-state index contributed by atoms with van der Waals surface area (Å²) in [6.07, 6.45) is 14.9. The van der Waals surface area contributed by atoms with E-state index in [0.29, 0.717) is 13.2 Å². The van der Waals surface area contributed by atoms with Crippen LogP contribution >= 0.6 is 0 Å². The largest absolute Gasteiger partial charge is 0.396 e. The lowest BCUT2D eigenvalue weighted by molar-refractivity contribution is 0.282. The van der Waals surface area contributed by atoms with Crippen LogP contribution in [-0.2, 0) is 0 Å². The first-order valence-corrected chi connectivity index (χ1v) is 6.81. The summed E-state index contributed by atoms with van der Waals surface area (Å²) < 4.78 is 0. The minimum Gasteiger partial charge on any atom is -0.396 e. The van der Waals surface area contributed by atoms with Crippen LogP contribution < -0.4 is 0 Å². The lowest BCUT2D eigenvalue weighted by Crippen LogP contribution is -1.82.